The number of hydrogen-bond donors (Lipinski definition) is 1. The van der Waals surface area contributed by atoms with Crippen molar-refractivity contribution >= 4 is 5.82 Å². The summed E-state index contributed by atoms with van der Waals surface area (Å²) in [6.45, 7) is 1.68. The van der Waals surface area contributed by atoms with E-state index in [-0.39, 0.29) is 11.7 Å². The number of hydrogen-bond acceptors (Lipinski definition) is 5. The van der Waals surface area contributed by atoms with Crippen LogP contribution >= 0.6 is 0 Å². The second-order valence-electron chi connectivity index (χ2n) is 3.82. The van der Waals surface area contributed by atoms with Crippen LogP contribution in [0.5, 0.6) is 17.4 Å². The predicted octanol–water partition coefficient (Wildman–Crippen LogP) is 2.77. The van der Waals surface area contributed by atoms with Crippen molar-refractivity contribution in [3.63, 3.8) is 0 Å². The summed E-state index contributed by atoms with van der Waals surface area (Å²) in [4.78, 5) is 7.99. The highest BCUT2D eigenvalue weighted by Crippen LogP contribution is 2.34. The molecule has 0 aliphatic carbocycles. The molecule has 0 spiro atoms. The number of aromatic nitrogens is 2. The van der Waals surface area contributed by atoms with Gasteiger partial charge in [-0.25, -0.2) is 9.37 Å². The van der Waals surface area contributed by atoms with Crippen LogP contribution in [0, 0.1) is 12.7 Å². The van der Waals surface area contributed by atoms with Crippen molar-refractivity contribution in [1.29, 1.82) is 0 Å². The van der Waals surface area contributed by atoms with Crippen molar-refractivity contribution in [1.82, 2.24) is 9.97 Å². The Morgan fingerprint density at radius 3 is 2.68 bits per heavy atom. The highest BCUT2D eigenvalue weighted by atomic mass is 19.1. The number of methoxy groups -OCH3 is 1. The molecule has 0 aliphatic rings. The van der Waals surface area contributed by atoms with Gasteiger partial charge in [-0.15, -0.1) is 0 Å². The maximum absolute atomic E-state index is 13.5. The molecule has 5 nitrogen and oxygen atoms in total. The van der Waals surface area contributed by atoms with E-state index in [9.17, 15) is 4.39 Å². The average Bonchev–Trinajstić information content (AvgIpc) is 2.42. The fourth-order valence-electron chi connectivity index (χ4n) is 1.54. The number of aryl methyl sites for hydroxylation is 1. The summed E-state index contributed by atoms with van der Waals surface area (Å²) in [5.74, 6) is 1.11. The Balaban J connectivity index is 2.35. The topological polar surface area (TPSA) is 56.3 Å². The number of ether oxygens (including phenoxy) is 2. The van der Waals surface area contributed by atoms with Crippen molar-refractivity contribution < 1.29 is 13.9 Å². The third-order valence-electron chi connectivity index (χ3n) is 2.57. The van der Waals surface area contributed by atoms with Gasteiger partial charge >= 0.3 is 0 Å². The van der Waals surface area contributed by atoms with Crippen molar-refractivity contribution in [3.8, 4) is 17.4 Å². The summed E-state index contributed by atoms with van der Waals surface area (Å²) in [6, 6.07) is 4.60. The zero-order chi connectivity index (χ0) is 13.8. The molecular formula is C13H14FN3O2. The smallest absolute Gasteiger partial charge is 0.268 e. The molecule has 1 heterocycles. The van der Waals surface area contributed by atoms with Gasteiger partial charge in [0.2, 0.25) is 5.75 Å². The SMILES string of the molecule is CNc1ncnc(Oc2ccc(C)c(F)c2)c1OC. The highest BCUT2D eigenvalue weighted by molar-refractivity contribution is 5.55. The Hall–Kier alpha value is -2.37. The first-order valence-electron chi connectivity index (χ1n) is 5.66. The van der Waals surface area contributed by atoms with Crippen molar-refractivity contribution in [3.05, 3.63) is 35.9 Å². The maximum atomic E-state index is 13.5. The molecule has 1 aromatic carbocycles. The number of anilines is 1. The van der Waals surface area contributed by atoms with Crippen LogP contribution in [0.2, 0.25) is 0 Å². The van der Waals surface area contributed by atoms with Crippen LogP contribution < -0.4 is 14.8 Å². The van der Waals surface area contributed by atoms with E-state index in [1.165, 1.54) is 19.5 Å². The molecule has 0 unspecified atom stereocenters. The van der Waals surface area contributed by atoms with Gasteiger partial charge in [0.05, 0.1) is 7.11 Å². The fraction of sp³-hybridized carbons (Fsp3) is 0.231. The lowest BCUT2D eigenvalue weighted by Crippen LogP contribution is -2.01. The van der Waals surface area contributed by atoms with Gasteiger partial charge in [-0.3, -0.25) is 0 Å². The van der Waals surface area contributed by atoms with Gasteiger partial charge in [0.1, 0.15) is 17.9 Å². The van der Waals surface area contributed by atoms with Gasteiger partial charge in [0.25, 0.3) is 5.88 Å². The first-order chi connectivity index (χ1) is 9.15. The van der Waals surface area contributed by atoms with E-state index in [1.54, 1.807) is 26.1 Å². The van der Waals surface area contributed by atoms with Gasteiger partial charge in [-0.2, -0.15) is 4.98 Å². The van der Waals surface area contributed by atoms with Crippen LogP contribution in [0.25, 0.3) is 0 Å². The minimum absolute atomic E-state index is 0.227. The van der Waals surface area contributed by atoms with Crippen LogP contribution in [0.4, 0.5) is 10.2 Å². The number of rotatable bonds is 4. The summed E-state index contributed by atoms with van der Waals surface area (Å²) in [7, 11) is 3.20. The first kappa shape index (κ1) is 13.1. The highest BCUT2D eigenvalue weighted by Gasteiger charge is 2.13. The van der Waals surface area contributed by atoms with E-state index in [0.717, 1.165) is 0 Å². The third-order valence-corrected chi connectivity index (χ3v) is 2.57. The van der Waals surface area contributed by atoms with Crippen molar-refractivity contribution in [2.45, 2.75) is 6.92 Å². The second-order valence-corrected chi connectivity index (χ2v) is 3.82. The summed E-state index contributed by atoms with van der Waals surface area (Å²) in [5.41, 5.74) is 0.554. The van der Waals surface area contributed by atoms with Gasteiger partial charge in [0, 0.05) is 13.1 Å². The van der Waals surface area contributed by atoms with Crippen LogP contribution in [0.15, 0.2) is 24.5 Å². The summed E-state index contributed by atoms with van der Waals surface area (Å²) in [5, 5.41) is 2.86. The minimum atomic E-state index is -0.334. The van der Waals surface area contributed by atoms with E-state index >= 15 is 0 Å². The Bertz CT molecular complexity index is 590. The summed E-state index contributed by atoms with van der Waals surface area (Å²) >= 11 is 0. The zero-order valence-electron chi connectivity index (χ0n) is 10.9. The molecule has 2 rings (SSSR count). The Morgan fingerprint density at radius 2 is 2.05 bits per heavy atom. The van der Waals surface area contributed by atoms with E-state index in [4.69, 9.17) is 9.47 Å². The zero-order valence-corrected chi connectivity index (χ0v) is 10.9. The molecule has 1 aromatic heterocycles. The monoisotopic (exact) mass is 263 g/mol. The maximum Gasteiger partial charge on any atom is 0.268 e. The average molecular weight is 263 g/mol. The molecule has 2 aromatic rings. The minimum Gasteiger partial charge on any atom is -0.489 e. The first-order valence-corrected chi connectivity index (χ1v) is 5.66. The third kappa shape index (κ3) is 2.73. The van der Waals surface area contributed by atoms with Gasteiger partial charge in [-0.1, -0.05) is 6.07 Å². The number of nitrogens with zero attached hydrogens (tertiary/aromatic N) is 2. The van der Waals surface area contributed by atoms with E-state index in [0.29, 0.717) is 22.9 Å². The van der Waals surface area contributed by atoms with E-state index in [1.807, 2.05) is 0 Å². The molecule has 0 aliphatic heterocycles. The van der Waals surface area contributed by atoms with Crippen LogP contribution in [0.3, 0.4) is 0 Å². The fourth-order valence-corrected chi connectivity index (χ4v) is 1.54. The normalized spacial score (nSPS) is 10.1. The van der Waals surface area contributed by atoms with E-state index in [2.05, 4.69) is 15.3 Å². The van der Waals surface area contributed by atoms with Crippen molar-refractivity contribution in [2.24, 2.45) is 0 Å². The van der Waals surface area contributed by atoms with Gasteiger partial charge in [-0.05, 0) is 18.6 Å². The van der Waals surface area contributed by atoms with Crippen LogP contribution in [-0.2, 0) is 0 Å². The molecule has 0 saturated heterocycles. The Morgan fingerprint density at radius 1 is 1.26 bits per heavy atom. The molecule has 6 heteroatoms. The molecular weight excluding hydrogens is 249 g/mol. The molecule has 0 amide bonds. The second kappa shape index (κ2) is 5.51. The summed E-state index contributed by atoms with van der Waals surface area (Å²) in [6.07, 6.45) is 1.34. The predicted molar refractivity (Wildman–Crippen MR) is 69.3 cm³/mol. The van der Waals surface area contributed by atoms with Crippen molar-refractivity contribution in [2.75, 3.05) is 19.5 Å². The van der Waals surface area contributed by atoms with E-state index < -0.39 is 0 Å². The molecule has 0 saturated carbocycles. The lowest BCUT2D eigenvalue weighted by Gasteiger charge is -2.11. The molecule has 1 N–H and O–H groups in total. The number of benzene rings is 1. The molecule has 19 heavy (non-hydrogen) atoms. The molecule has 100 valence electrons. The molecule has 0 atom stereocenters. The van der Waals surface area contributed by atoms with Crippen LogP contribution in [0.1, 0.15) is 5.56 Å². The Kier molecular flexibility index (Phi) is 3.79. The molecule has 0 bridgehead atoms. The van der Waals surface area contributed by atoms with Crippen LogP contribution in [-0.4, -0.2) is 24.1 Å². The lowest BCUT2D eigenvalue weighted by molar-refractivity contribution is 0.368. The molecule has 0 fully saturated rings. The lowest BCUT2D eigenvalue weighted by atomic mass is 10.2. The quantitative estimate of drug-likeness (QED) is 0.919. The van der Waals surface area contributed by atoms with Gasteiger partial charge in [0.15, 0.2) is 5.82 Å². The Labute approximate surface area is 110 Å². The van der Waals surface area contributed by atoms with Gasteiger partial charge < -0.3 is 14.8 Å². The number of halogens is 1. The standard InChI is InChI=1S/C13H14FN3O2/c1-8-4-5-9(6-10(8)14)19-13-11(18-3)12(15-2)16-7-17-13/h4-7H,1-3H3,(H,15,16,17). The number of nitrogens with one attached hydrogen (secondary N) is 1. The largest absolute Gasteiger partial charge is 0.489 e. The summed E-state index contributed by atoms with van der Waals surface area (Å²) < 4.78 is 24.2. The molecule has 0 radical (unpaired) electrons.